The maximum atomic E-state index is 13.2. The molecule has 1 N–H and O–H groups in total. The van der Waals surface area contributed by atoms with Crippen molar-refractivity contribution >= 4 is 18.3 Å². The zero-order valence-corrected chi connectivity index (χ0v) is 20.5. The summed E-state index contributed by atoms with van der Waals surface area (Å²) < 4.78 is 70.5. The molecule has 0 spiro atoms. The van der Waals surface area contributed by atoms with Gasteiger partial charge >= 0.3 is 12.1 Å². The summed E-state index contributed by atoms with van der Waals surface area (Å²) >= 11 is 0. The van der Waals surface area contributed by atoms with Gasteiger partial charge in [-0.15, -0.1) is 0 Å². The largest absolute Gasteiger partial charge is 0.493 e. The number of methoxy groups -OCH3 is 4. The van der Waals surface area contributed by atoms with Gasteiger partial charge in [0.25, 0.3) is 0 Å². The lowest BCUT2D eigenvalue weighted by atomic mass is 9.71. The fourth-order valence-corrected chi connectivity index (χ4v) is 4.43. The predicted octanol–water partition coefficient (Wildman–Crippen LogP) is 3.90. The zero-order chi connectivity index (χ0) is 26.7. The van der Waals surface area contributed by atoms with E-state index in [1.54, 1.807) is 30.3 Å². The van der Waals surface area contributed by atoms with Crippen molar-refractivity contribution in [1.82, 2.24) is 5.43 Å². The van der Waals surface area contributed by atoms with Crippen molar-refractivity contribution in [3.63, 3.8) is 0 Å². The second kappa shape index (κ2) is 10.5. The van der Waals surface area contributed by atoms with Crippen LogP contribution < -0.4 is 29.1 Å². The first kappa shape index (κ1) is 26.0. The van der Waals surface area contributed by atoms with Gasteiger partial charge in [0.1, 0.15) is 6.54 Å². The molecule has 4 rings (SSSR count). The van der Waals surface area contributed by atoms with E-state index in [2.05, 4.69) is 5.10 Å². The number of ether oxygens (including phenoxy) is 6. The fourth-order valence-electron chi connectivity index (χ4n) is 4.43. The topological polar surface area (TPSA) is 96.8 Å². The Hall–Kier alpha value is -4.09. The Labute approximate surface area is 210 Å². The molecule has 2 atom stereocenters. The second-order valence-electron chi connectivity index (χ2n) is 8.12. The van der Waals surface area contributed by atoms with Crippen molar-refractivity contribution in [2.45, 2.75) is 12.1 Å². The number of halogens is 3. The van der Waals surface area contributed by atoms with Crippen molar-refractivity contribution < 1.29 is 46.4 Å². The molecule has 9 nitrogen and oxygen atoms in total. The first-order chi connectivity index (χ1) is 17.7. The molecule has 1 aliphatic carbocycles. The van der Waals surface area contributed by atoms with Gasteiger partial charge in [0.15, 0.2) is 23.0 Å². The van der Waals surface area contributed by atoms with Crippen LogP contribution in [0.1, 0.15) is 22.6 Å². The monoisotopic (exact) mass is 522 g/mol. The molecule has 1 heterocycles. The number of benzene rings is 2. The van der Waals surface area contributed by atoms with Crippen LogP contribution in [-0.4, -0.2) is 60.1 Å². The van der Waals surface area contributed by atoms with Gasteiger partial charge < -0.3 is 33.8 Å². The first-order valence-electron chi connectivity index (χ1n) is 11.1. The van der Waals surface area contributed by atoms with E-state index >= 15 is 0 Å². The summed E-state index contributed by atoms with van der Waals surface area (Å²) in [6.07, 6.45) is -1.61. The molecular formula is C25H25F3N2O7. The summed E-state index contributed by atoms with van der Waals surface area (Å²) in [5, 5.41) is 3.72. The van der Waals surface area contributed by atoms with Gasteiger partial charge in [-0.25, -0.2) is 0 Å². The Morgan fingerprint density at radius 2 is 1.70 bits per heavy atom. The van der Waals surface area contributed by atoms with Gasteiger partial charge in [0.05, 0.1) is 40.6 Å². The van der Waals surface area contributed by atoms with Crippen molar-refractivity contribution in [2.24, 2.45) is 11.0 Å². The Kier molecular flexibility index (Phi) is 7.37. The average molecular weight is 522 g/mol. The summed E-state index contributed by atoms with van der Waals surface area (Å²) in [6.45, 7) is -1.29. The summed E-state index contributed by atoms with van der Waals surface area (Å²) in [5.74, 6) is -0.191. The van der Waals surface area contributed by atoms with Crippen molar-refractivity contribution in [2.75, 3.05) is 41.8 Å². The van der Waals surface area contributed by atoms with Crippen LogP contribution in [-0.2, 0) is 9.53 Å². The fraction of sp³-hybridized carbons (Fsp3) is 0.360. The Balaban J connectivity index is 1.90. The Bertz CT molecular complexity index is 1220. The van der Waals surface area contributed by atoms with Crippen LogP contribution in [0.3, 0.4) is 0 Å². The van der Waals surface area contributed by atoms with E-state index in [1.165, 1.54) is 34.7 Å². The van der Waals surface area contributed by atoms with Crippen molar-refractivity contribution in [3.05, 3.63) is 46.5 Å². The van der Waals surface area contributed by atoms with Crippen LogP contribution in [0.5, 0.6) is 28.7 Å². The molecule has 0 saturated heterocycles. The quantitative estimate of drug-likeness (QED) is 0.317. The molecule has 0 unspecified atom stereocenters. The highest BCUT2D eigenvalue weighted by atomic mass is 19.4. The van der Waals surface area contributed by atoms with E-state index in [4.69, 9.17) is 28.4 Å². The summed E-state index contributed by atoms with van der Waals surface area (Å²) in [6, 6.07) is 6.93. The average Bonchev–Trinajstić information content (AvgIpc) is 3.34. The third-order valence-electron chi connectivity index (χ3n) is 6.01. The maximum Gasteiger partial charge on any atom is 0.407 e. The molecule has 12 heteroatoms. The van der Waals surface area contributed by atoms with E-state index in [1.807, 2.05) is 5.43 Å². The van der Waals surface area contributed by atoms with Gasteiger partial charge in [-0.1, -0.05) is 0 Å². The van der Waals surface area contributed by atoms with Gasteiger partial charge in [0.2, 0.25) is 12.5 Å². The summed E-state index contributed by atoms with van der Waals surface area (Å²) in [4.78, 5) is 13.2. The molecule has 0 aromatic heterocycles. The number of hydrogen-bond donors (Lipinski definition) is 1. The molecule has 2 aromatic rings. The summed E-state index contributed by atoms with van der Waals surface area (Å²) in [5.41, 5.74) is 4.27. The van der Waals surface area contributed by atoms with Crippen LogP contribution in [0.2, 0.25) is 0 Å². The number of hydrogen-bond acceptors (Lipinski definition) is 9. The molecule has 2 aliphatic rings. The number of carbonyl (C=O) groups excluding carboxylic acids is 1. The lowest BCUT2D eigenvalue weighted by Gasteiger charge is -2.32. The Morgan fingerprint density at radius 1 is 1.05 bits per heavy atom. The number of alkyl halides is 3. The molecule has 0 amide bonds. The number of nitrogens with zero attached hydrogens (tertiary/aromatic N) is 1. The highest BCUT2D eigenvalue weighted by molar-refractivity contribution is 5.97. The van der Waals surface area contributed by atoms with Crippen LogP contribution in [0.25, 0.3) is 6.08 Å². The number of rotatable bonds is 8. The Morgan fingerprint density at radius 3 is 2.27 bits per heavy atom. The minimum Gasteiger partial charge on any atom is -0.493 e. The third-order valence-corrected chi connectivity index (χ3v) is 6.01. The molecular weight excluding hydrogens is 497 g/mol. The van der Waals surface area contributed by atoms with Gasteiger partial charge in [0, 0.05) is 5.92 Å². The van der Waals surface area contributed by atoms with Crippen LogP contribution in [0.15, 0.2) is 34.9 Å². The zero-order valence-electron chi connectivity index (χ0n) is 20.5. The van der Waals surface area contributed by atoms with Crippen molar-refractivity contribution in [1.29, 1.82) is 0 Å². The number of fused-ring (bicyclic) bond motifs is 2. The summed E-state index contributed by atoms with van der Waals surface area (Å²) in [7, 11) is 5.64. The third kappa shape index (κ3) is 5.23. The second-order valence-corrected chi connectivity index (χ2v) is 8.12. The maximum absolute atomic E-state index is 13.2. The van der Waals surface area contributed by atoms with Gasteiger partial charge in [-0.2, -0.15) is 18.3 Å². The van der Waals surface area contributed by atoms with Crippen molar-refractivity contribution in [3.8, 4) is 28.7 Å². The lowest BCUT2D eigenvalue weighted by Crippen LogP contribution is -2.31. The van der Waals surface area contributed by atoms with Crippen LogP contribution in [0, 0.1) is 5.92 Å². The van der Waals surface area contributed by atoms with Gasteiger partial charge in [-0.05, 0) is 52.6 Å². The van der Waals surface area contributed by atoms with E-state index in [0.29, 0.717) is 51.0 Å². The minimum absolute atomic E-state index is 0.0346. The normalized spacial score (nSPS) is 18.2. The van der Waals surface area contributed by atoms with E-state index in [-0.39, 0.29) is 6.79 Å². The molecule has 0 radical (unpaired) electrons. The highest BCUT2D eigenvalue weighted by Gasteiger charge is 2.40. The molecule has 198 valence electrons. The van der Waals surface area contributed by atoms with Crippen LogP contribution in [0.4, 0.5) is 13.2 Å². The number of hydrazone groups is 1. The van der Waals surface area contributed by atoms with Gasteiger partial charge in [-0.3, -0.25) is 4.79 Å². The highest BCUT2D eigenvalue weighted by Crippen LogP contribution is 2.50. The minimum atomic E-state index is -4.46. The number of nitrogens with one attached hydrogen (secondary N) is 1. The molecule has 2 aromatic carbocycles. The molecule has 0 fully saturated rings. The first-order valence-corrected chi connectivity index (χ1v) is 11.1. The molecule has 0 bridgehead atoms. The smallest absolute Gasteiger partial charge is 0.407 e. The number of carbonyl (C=O) groups is 1. The molecule has 1 aliphatic heterocycles. The molecule has 37 heavy (non-hydrogen) atoms. The molecule has 0 saturated carbocycles. The van der Waals surface area contributed by atoms with E-state index < -0.39 is 30.5 Å². The number of esters is 1. The SMILES string of the molecule is COC(=O)[C@@H]1C(C=NNCC(F)(F)F)=Cc2cc3c(cc2[C@H]1c1cc(OC)c(OC)c(OC)c1)OCO3. The predicted molar refractivity (Wildman–Crippen MR) is 127 cm³/mol. The van der Waals surface area contributed by atoms with E-state index in [9.17, 15) is 18.0 Å². The van der Waals surface area contributed by atoms with Crippen LogP contribution >= 0.6 is 0 Å². The van der Waals surface area contributed by atoms with E-state index in [0.717, 1.165) is 0 Å². The lowest BCUT2D eigenvalue weighted by molar-refractivity contribution is -0.144. The standard InChI is InChI=1S/C25H25F3N2O7/c1-32-19-7-14(8-20(33-2)23(19)34-3)21-16-9-18-17(36-12-37-18)6-13(16)5-15(22(21)24(31)35-4)10-29-30-11-25(26,27)28/h5-10,21-22,30H,11-12H2,1-4H3/t21-,22-/m1/s1.